The molecule has 5 nitrogen and oxygen atoms in total. The van der Waals surface area contributed by atoms with Crippen LogP contribution in [-0.4, -0.2) is 38.9 Å². The molecule has 1 heterocycles. The highest BCUT2D eigenvalue weighted by molar-refractivity contribution is 5.85. The number of para-hydroxylation sites is 1. The fourth-order valence-corrected chi connectivity index (χ4v) is 3.08. The number of rotatable bonds is 4. The molecule has 0 atom stereocenters. The van der Waals surface area contributed by atoms with E-state index < -0.39 is 11.0 Å². The summed E-state index contributed by atoms with van der Waals surface area (Å²) in [7, 11) is 3.20. The van der Waals surface area contributed by atoms with Crippen molar-refractivity contribution in [3.05, 3.63) is 23.8 Å². The van der Waals surface area contributed by atoms with Crippen LogP contribution < -0.4 is 14.8 Å². The minimum Gasteiger partial charge on any atom is -0.493 e. The highest BCUT2D eigenvalue weighted by Gasteiger charge is 2.46. The normalized spacial score (nSPS) is 17.4. The second-order valence-electron chi connectivity index (χ2n) is 6.88. The van der Waals surface area contributed by atoms with E-state index in [0.717, 1.165) is 18.7 Å². The Morgan fingerprint density at radius 2 is 1.78 bits per heavy atom. The summed E-state index contributed by atoms with van der Waals surface area (Å²) < 4.78 is 16.7. The van der Waals surface area contributed by atoms with Crippen LogP contribution in [0.25, 0.3) is 0 Å². The second-order valence-corrected chi connectivity index (χ2v) is 6.88. The average molecular weight is 321 g/mol. The molecule has 1 fully saturated rings. The van der Waals surface area contributed by atoms with Crippen molar-refractivity contribution in [2.45, 2.75) is 44.6 Å². The van der Waals surface area contributed by atoms with E-state index in [0.29, 0.717) is 24.3 Å². The average Bonchev–Trinajstić information content (AvgIpc) is 2.53. The fourth-order valence-electron chi connectivity index (χ4n) is 3.08. The third-order valence-electron chi connectivity index (χ3n) is 4.17. The van der Waals surface area contributed by atoms with E-state index >= 15 is 0 Å². The summed E-state index contributed by atoms with van der Waals surface area (Å²) in [5.41, 5.74) is -0.394. The predicted octanol–water partition coefficient (Wildman–Crippen LogP) is 2.67. The van der Waals surface area contributed by atoms with Gasteiger partial charge in [-0.1, -0.05) is 12.1 Å². The number of hydrogen-bond acceptors (Lipinski definition) is 5. The van der Waals surface area contributed by atoms with E-state index in [-0.39, 0.29) is 5.97 Å². The number of esters is 1. The molecular formula is C18H27NO4. The Hall–Kier alpha value is -1.75. The van der Waals surface area contributed by atoms with Crippen LogP contribution in [0.3, 0.4) is 0 Å². The van der Waals surface area contributed by atoms with Crippen LogP contribution in [0.1, 0.15) is 39.2 Å². The summed E-state index contributed by atoms with van der Waals surface area (Å²) in [4.78, 5) is 13.1. The van der Waals surface area contributed by atoms with Crippen molar-refractivity contribution in [3.63, 3.8) is 0 Å². The summed E-state index contributed by atoms with van der Waals surface area (Å²) >= 11 is 0. The monoisotopic (exact) mass is 321 g/mol. The number of benzene rings is 1. The van der Waals surface area contributed by atoms with Crippen molar-refractivity contribution in [1.29, 1.82) is 0 Å². The fraction of sp³-hybridized carbons (Fsp3) is 0.611. The van der Waals surface area contributed by atoms with E-state index in [1.165, 1.54) is 0 Å². The molecule has 0 saturated carbocycles. The Balaban J connectivity index is 2.53. The van der Waals surface area contributed by atoms with Gasteiger partial charge in [0.1, 0.15) is 5.60 Å². The number of piperidine rings is 1. The predicted molar refractivity (Wildman–Crippen MR) is 89.2 cm³/mol. The van der Waals surface area contributed by atoms with E-state index in [2.05, 4.69) is 5.32 Å². The van der Waals surface area contributed by atoms with Crippen molar-refractivity contribution in [1.82, 2.24) is 5.32 Å². The van der Waals surface area contributed by atoms with Crippen LogP contribution in [0.2, 0.25) is 0 Å². The largest absolute Gasteiger partial charge is 0.493 e. The lowest BCUT2D eigenvalue weighted by Gasteiger charge is -2.38. The van der Waals surface area contributed by atoms with E-state index in [1.807, 2.05) is 39.0 Å². The maximum atomic E-state index is 13.1. The van der Waals surface area contributed by atoms with Crippen LogP contribution in [0.4, 0.5) is 0 Å². The number of hydrogen-bond donors (Lipinski definition) is 1. The molecule has 1 saturated heterocycles. The molecule has 0 amide bonds. The molecule has 0 unspecified atom stereocenters. The molecule has 1 aliphatic heterocycles. The van der Waals surface area contributed by atoms with Crippen molar-refractivity contribution >= 4 is 5.97 Å². The number of carbonyl (C=O) groups is 1. The topological polar surface area (TPSA) is 56.8 Å². The maximum Gasteiger partial charge on any atom is 0.317 e. The first-order chi connectivity index (χ1) is 10.8. The number of nitrogens with one attached hydrogen (secondary N) is 1. The molecule has 0 radical (unpaired) electrons. The molecule has 23 heavy (non-hydrogen) atoms. The summed E-state index contributed by atoms with van der Waals surface area (Å²) in [6, 6.07) is 5.67. The zero-order chi connectivity index (χ0) is 17.1. The van der Waals surface area contributed by atoms with Crippen LogP contribution in [0, 0.1) is 0 Å². The second kappa shape index (κ2) is 6.79. The van der Waals surface area contributed by atoms with Gasteiger partial charge in [-0.25, -0.2) is 0 Å². The van der Waals surface area contributed by atoms with Gasteiger partial charge in [-0.3, -0.25) is 4.79 Å². The van der Waals surface area contributed by atoms with Gasteiger partial charge < -0.3 is 19.5 Å². The Morgan fingerprint density at radius 1 is 1.13 bits per heavy atom. The van der Waals surface area contributed by atoms with Gasteiger partial charge in [-0.15, -0.1) is 0 Å². The Morgan fingerprint density at radius 3 is 2.30 bits per heavy atom. The van der Waals surface area contributed by atoms with Gasteiger partial charge in [0, 0.05) is 5.56 Å². The van der Waals surface area contributed by atoms with Gasteiger partial charge in [0.25, 0.3) is 0 Å². The van der Waals surface area contributed by atoms with Gasteiger partial charge in [0.15, 0.2) is 11.5 Å². The lowest BCUT2D eigenvalue weighted by Crippen LogP contribution is -2.48. The minimum atomic E-state index is -0.710. The number of methoxy groups -OCH3 is 2. The molecule has 2 rings (SSSR count). The maximum absolute atomic E-state index is 13.1. The smallest absolute Gasteiger partial charge is 0.317 e. The summed E-state index contributed by atoms with van der Waals surface area (Å²) in [5, 5.41) is 3.31. The summed E-state index contributed by atoms with van der Waals surface area (Å²) in [5.74, 6) is 1.05. The van der Waals surface area contributed by atoms with Gasteiger partial charge in [-0.05, 0) is 52.8 Å². The first-order valence-electron chi connectivity index (χ1n) is 8.00. The van der Waals surface area contributed by atoms with Crippen molar-refractivity contribution < 1.29 is 19.0 Å². The molecular weight excluding hydrogens is 294 g/mol. The van der Waals surface area contributed by atoms with Crippen molar-refractivity contribution in [2.24, 2.45) is 0 Å². The summed E-state index contributed by atoms with van der Waals surface area (Å²) in [6.07, 6.45) is 1.34. The van der Waals surface area contributed by atoms with Crippen molar-refractivity contribution in [3.8, 4) is 11.5 Å². The zero-order valence-electron chi connectivity index (χ0n) is 14.7. The van der Waals surface area contributed by atoms with Gasteiger partial charge >= 0.3 is 5.97 Å². The zero-order valence-corrected chi connectivity index (χ0v) is 14.7. The van der Waals surface area contributed by atoms with E-state index in [9.17, 15) is 4.79 Å². The Bertz CT molecular complexity index is 557. The van der Waals surface area contributed by atoms with Gasteiger partial charge in [-0.2, -0.15) is 0 Å². The molecule has 1 N–H and O–H groups in total. The first kappa shape index (κ1) is 17.6. The Kier molecular flexibility index (Phi) is 5.19. The van der Waals surface area contributed by atoms with E-state index in [4.69, 9.17) is 14.2 Å². The number of ether oxygens (including phenoxy) is 3. The lowest BCUT2D eigenvalue weighted by molar-refractivity contribution is -0.163. The molecule has 0 bridgehead atoms. The molecule has 1 aromatic carbocycles. The SMILES string of the molecule is COc1cccc(C2(C(=O)OC(C)(C)C)CCNCC2)c1OC. The molecule has 5 heteroatoms. The van der Waals surface area contributed by atoms with E-state index in [1.54, 1.807) is 14.2 Å². The van der Waals surface area contributed by atoms with Gasteiger partial charge in [0.2, 0.25) is 0 Å². The van der Waals surface area contributed by atoms with Gasteiger partial charge in [0.05, 0.1) is 19.6 Å². The third kappa shape index (κ3) is 3.61. The third-order valence-corrected chi connectivity index (χ3v) is 4.17. The highest BCUT2D eigenvalue weighted by atomic mass is 16.6. The molecule has 1 aliphatic rings. The summed E-state index contributed by atoms with van der Waals surface area (Å²) in [6.45, 7) is 7.20. The molecule has 128 valence electrons. The molecule has 0 aliphatic carbocycles. The van der Waals surface area contributed by atoms with Crippen LogP contribution in [-0.2, 0) is 14.9 Å². The van der Waals surface area contributed by atoms with Crippen LogP contribution in [0.15, 0.2) is 18.2 Å². The molecule has 1 aromatic rings. The Labute approximate surface area is 138 Å². The molecule has 0 spiro atoms. The highest BCUT2D eigenvalue weighted by Crippen LogP contribution is 2.44. The lowest BCUT2D eigenvalue weighted by atomic mass is 9.72. The minimum absolute atomic E-state index is 0.196. The molecule has 0 aromatic heterocycles. The van der Waals surface area contributed by atoms with Crippen molar-refractivity contribution in [2.75, 3.05) is 27.3 Å². The number of carbonyl (C=O) groups excluding carboxylic acids is 1. The van der Waals surface area contributed by atoms with Crippen LogP contribution >= 0.6 is 0 Å². The standard InChI is InChI=1S/C18H27NO4/c1-17(2,3)23-16(20)18(9-11-19-12-10-18)13-7-6-8-14(21-4)15(13)22-5/h6-8,19H,9-12H2,1-5H3. The quantitative estimate of drug-likeness (QED) is 0.864. The first-order valence-corrected chi connectivity index (χ1v) is 8.00. The van der Waals surface area contributed by atoms with Crippen LogP contribution in [0.5, 0.6) is 11.5 Å².